The van der Waals surface area contributed by atoms with Crippen LogP contribution in [0.4, 0.5) is 0 Å². The number of halogens is 4. The van der Waals surface area contributed by atoms with Crippen molar-refractivity contribution in [2.45, 2.75) is 12.2 Å². The van der Waals surface area contributed by atoms with Gasteiger partial charge in [-0.05, 0) is 0 Å². The Morgan fingerprint density at radius 1 is 0.857 bits per heavy atom. The van der Waals surface area contributed by atoms with Crippen molar-refractivity contribution in [1.82, 2.24) is 0 Å². The van der Waals surface area contributed by atoms with Gasteiger partial charge < -0.3 is 13.9 Å². The monoisotopic (exact) mass is 302 g/mol. The highest BCUT2D eigenvalue weighted by atomic mass is 35.5. The fourth-order valence-electron chi connectivity index (χ4n) is 0.475. The minimum absolute atomic E-state index is 0.193. The average molecular weight is 304 g/mol. The Bertz CT molecular complexity index is 120. The highest BCUT2D eigenvalue weighted by Gasteiger charge is 2.19. The second-order valence-corrected chi connectivity index (χ2v) is 4.44. The molecular weight excluding hydrogens is 293 g/mol. The first-order valence-electron chi connectivity index (χ1n) is 3.74. The van der Waals surface area contributed by atoms with Gasteiger partial charge in [0.25, 0.3) is 0 Å². The van der Waals surface area contributed by atoms with Gasteiger partial charge in [0.15, 0.2) is 0 Å². The summed E-state index contributed by atoms with van der Waals surface area (Å²) in [6.07, 6.45) is -0.860. The van der Waals surface area contributed by atoms with Crippen LogP contribution < -0.4 is 0 Å². The first kappa shape index (κ1) is 15.5. The van der Waals surface area contributed by atoms with E-state index < -0.39 is 20.8 Å². The van der Waals surface area contributed by atoms with Gasteiger partial charge in [0.2, 0.25) is 0 Å². The molecule has 0 unspecified atom stereocenters. The molecule has 0 spiro atoms. The van der Waals surface area contributed by atoms with Crippen LogP contribution in [-0.2, 0) is 9.05 Å². The quantitative estimate of drug-likeness (QED) is 0.553. The molecule has 0 fully saturated rings. The molecule has 14 heavy (non-hydrogen) atoms. The van der Waals surface area contributed by atoms with Crippen LogP contribution in [0.3, 0.4) is 0 Å². The van der Waals surface area contributed by atoms with Crippen LogP contribution in [0.5, 0.6) is 0 Å². The smallest absolute Gasteiger partial charge is 0.328 e. The summed E-state index contributed by atoms with van der Waals surface area (Å²) in [5.74, 6) is 0.773. The molecule has 3 nitrogen and oxygen atoms in total. The summed E-state index contributed by atoms with van der Waals surface area (Å²) in [6.45, 7) is 0. The third-order valence-electron chi connectivity index (χ3n) is 1.17. The van der Waals surface area contributed by atoms with Gasteiger partial charge >= 0.3 is 8.60 Å². The van der Waals surface area contributed by atoms with E-state index in [1.54, 1.807) is 0 Å². The molecule has 0 rings (SSSR count). The van der Waals surface area contributed by atoms with Crippen LogP contribution in [0.15, 0.2) is 0 Å². The van der Waals surface area contributed by atoms with Crippen molar-refractivity contribution in [3.05, 3.63) is 0 Å². The predicted octanol–water partition coefficient (Wildman–Crippen LogP) is 2.93. The van der Waals surface area contributed by atoms with E-state index in [0.717, 1.165) is 0 Å². The Morgan fingerprint density at radius 2 is 1.14 bits per heavy atom. The maximum Gasteiger partial charge on any atom is 0.330 e. The van der Waals surface area contributed by atoms with Crippen molar-refractivity contribution in [2.24, 2.45) is 0 Å². The van der Waals surface area contributed by atoms with Crippen molar-refractivity contribution in [3.8, 4) is 0 Å². The lowest BCUT2D eigenvalue weighted by Gasteiger charge is -2.19. The van der Waals surface area contributed by atoms with Crippen LogP contribution in [0.25, 0.3) is 0 Å². The fraction of sp³-hybridized carbons (Fsp3) is 1.00. The van der Waals surface area contributed by atoms with E-state index in [2.05, 4.69) is 0 Å². The van der Waals surface area contributed by atoms with E-state index in [0.29, 0.717) is 0 Å². The van der Waals surface area contributed by atoms with E-state index in [-0.39, 0.29) is 23.5 Å². The molecule has 0 bridgehead atoms. The topological polar surface area (TPSA) is 38.7 Å². The second-order valence-electron chi connectivity index (χ2n) is 2.31. The summed E-state index contributed by atoms with van der Waals surface area (Å²) in [4.78, 5) is 9.30. The van der Waals surface area contributed by atoms with E-state index in [1.807, 2.05) is 0 Å². The van der Waals surface area contributed by atoms with Crippen LogP contribution >= 0.6 is 55.0 Å². The molecule has 0 heterocycles. The molecule has 0 aromatic carbocycles. The molecule has 0 amide bonds. The van der Waals surface area contributed by atoms with E-state index >= 15 is 0 Å². The van der Waals surface area contributed by atoms with Gasteiger partial charge in [-0.25, -0.2) is 0 Å². The van der Waals surface area contributed by atoms with Crippen LogP contribution in [0.1, 0.15) is 0 Å². The summed E-state index contributed by atoms with van der Waals surface area (Å²) in [6, 6.07) is 0. The van der Waals surface area contributed by atoms with Gasteiger partial charge in [-0.3, -0.25) is 0 Å². The zero-order valence-electron chi connectivity index (χ0n) is 7.21. The molecule has 0 atom stereocenters. The zero-order chi connectivity index (χ0) is 11.0. The van der Waals surface area contributed by atoms with Gasteiger partial charge in [-0.15, -0.1) is 46.4 Å². The summed E-state index contributed by atoms with van der Waals surface area (Å²) in [5, 5.41) is 0. The summed E-state index contributed by atoms with van der Waals surface area (Å²) < 4.78 is 10.00. The molecule has 0 aromatic rings. The minimum Gasteiger partial charge on any atom is -0.328 e. The summed E-state index contributed by atoms with van der Waals surface area (Å²) in [5.41, 5.74) is 0. The Labute approximate surface area is 105 Å². The third-order valence-corrected chi connectivity index (χ3v) is 3.50. The Kier molecular flexibility index (Phi) is 10.7. The van der Waals surface area contributed by atoms with Gasteiger partial charge in [-0.1, -0.05) is 0 Å². The van der Waals surface area contributed by atoms with Gasteiger partial charge in [0.1, 0.15) is 0 Å². The molecule has 1 N–H and O–H groups in total. The van der Waals surface area contributed by atoms with Crippen molar-refractivity contribution < 1.29 is 13.9 Å². The van der Waals surface area contributed by atoms with Crippen molar-refractivity contribution in [1.29, 1.82) is 0 Å². The highest BCUT2D eigenvalue weighted by Crippen LogP contribution is 2.37. The summed E-state index contributed by atoms with van der Waals surface area (Å²) in [7, 11) is -2.02. The van der Waals surface area contributed by atoms with Crippen molar-refractivity contribution >= 4 is 55.0 Å². The summed E-state index contributed by atoms with van der Waals surface area (Å²) >= 11 is 22.0. The average Bonchev–Trinajstić information content (AvgIpc) is 2.22. The van der Waals surface area contributed by atoms with Gasteiger partial charge in [0, 0.05) is 0 Å². The number of alkyl halides is 4. The Morgan fingerprint density at radius 3 is 1.36 bits per heavy atom. The first-order chi connectivity index (χ1) is 6.67. The number of hydrogen-bond acceptors (Lipinski definition) is 3. The van der Waals surface area contributed by atoms with Crippen LogP contribution in [0, 0.1) is 0 Å². The predicted molar refractivity (Wildman–Crippen MR) is 61.8 cm³/mol. The van der Waals surface area contributed by atoms with E-state index in [1.165, 1.54) is 0 Å². The lowest BCUT2D eigenvalue weighted by Crippen LogP contribution is -2.18. The molecule has 0 aliphatic carbocycles. The van der Waals surface area contributed by atoms with E-state index in [4.69, 9.17) is 55.5 Å². The SMILES string of the molecule is OP(OC(CCl)CCl)OC(CCl)CCl. The molecule has 0 aliphatic heterocycles. The van der Waals surface area contributed by atoms with Crippen LogP contribution in [-0.4, -0.2) is 40.6 Å². The lowest BCUT2D eigenvalue weighted by molar-refractivity contribution is 0.144. The van der Waals surface area contributed by atoms with Crippen LogP contribution in [0.2, 0.25) is 0 Å². The molecule has 0 radical (unpaired) electrons. The molecule has 86 valence electrons. The van der Waals surface area contributed by atoms with Gasteiger partial charge in [0.05, 0.1) is 35.7 Å². The standard InChI is InChI=1S/C6H11Cl4O3P/c7-1-5(2-8)12-14(11)13-6(3-9)4-10/h5-6,11H,1-4H2. The molecule has 0 saturated carbocycles. The van der Waals surface area contributed by atoms with E-state index in [9.17, 15) is 4.89 Å². The second kappa shape index (κ2) is 9.68. The normalized spacial score (nSPS) is 12.0. The largest absolute Gasteiger partial charge is 0.330 e. The van der Waals surface area contributed by atoms with Crippen molar-refractivity contribution in [2.75, 3.05) is 23.5 Å². The number of rotatable bonds is 8. The molecular formula is C6H11Cl4O3P. The minimum atomic E-state index is -2.02. The maximum absolute atomic E-state index is 9.30. The first-order valence-corrected chi connectivity index (χ1v) is 7.01. The number of hydrogen-bond donors (Lipinski definition) is 1. The Balaban J connectivity index is 3.77. The van der Waals surface area contributed by atoms with Gasteiger partial charge in [-0.2, -0.15) is 0 Å². The molecule has 0 aliphatic rings. The van der Waals surface area contributed by atoms with Crippen molar-refractivity contribution in [3.63, 3.8) is 0 Å². The zero-order valence-corrected chi connectivity index (χ0v) is 11.1. The molecule has 0 aromatic heterocycles. The fourth-order valence-corrected chi connectivity index (χ4v) is 2.60. The molecule has 8 heteroatoms. The molecule has 0 saturated heterocycles. The maximum atomic E-state index is 9.30. The Hall–Kier alpha value is 1.47. The highest BCUT2D eigenvalue weighted by molar-refractivity contribution is 7.40. The third kappa shape index (κ3) is 6.86. The lowest BCUT2D eigenvalue weighted by atomic mass is 10.5.